The zero-order valence-corrected chi connectivity index (χ0v) is 17.4. The smallest absolute Gasteiger partial charge is 0.254 e. The molecule has 154 valence electrons. The van der Waals surface area contributed by atoms with E-state index in [1.807, 2.05) is 6.92 Å². The second-order valence-corrected chi connectivity index (χ2v) is 8.93. The van der Waals surface area contributed by atoms with Crippen LogP contribution in [-0.4, -0.2) is 55.6 Å². The molecule has 3 rings (SSSR count). The number of carbonyl (C=O) groups excluding carboxylic acids is 2. The molecule has 0 spiro atoms. The molecule has 2 aromatic rings. The molecule has 29 heavy (non-hydrogen) atoms. The van der Waals surface area contributed by atoms with Crippen LogP contribution >= 0.6 is 0 Å². The Kier molecular flexibility index (Phi) is 6.34. The van der Waals surface area contributed by atoms with Gasteiger partial charge in [0.1, 0.15) is 0 Å². The van der Waals surface area contributed by atoms with Crippen LogP contribution in [0.25, 0.3) is 0 Å². The lowest BCUT2D eigenvalue weighted by atomic mass is 10.1. The second-order valence-electron chi connectivity index (χ2n) is 6.99. The molecule has 1 fully saturated rings. The summed E-state index contributed by atoms with van der Waals surface area (Å²) in [5.74, 6) is -0.297. The summed E-state index contributed by atoms with van der Waals surface area (Å²) in [5.41, 5.74) is 2.04. The summed E-state index contributed by atoms with van der Waals surface area (Å²) in [4.78, 5) is 26.3. The second kappa shape index (κ2) is 8.75. The Bertz CT molecular complexity index is 995. The number of nitrogens with zero attached hydrogens (tertiary/aromatic N) is 2. The van der Waals surface area contributed by atoms with Crippen molar-refractivity contribution in [3.63, 3.8) is 0 Å². The Balaban J connectivity index is 1.66. The molecule has 1 aliphatic heterocycles. The highest BCUT2D eigenvalue weighted by Crippen LogP contribution is 2.20. The topological polar surface area (TPSA) is 86.8 Å². The minimum atomic E-state index is -3.57. The number of amides is 2. The molecule has 7 nitrogen and oxygen atoms in total. The van der Waals surface area contributed by atoms with E-state index in [2.05, 4.69) is 5.32 Å². The van der Waals surface area contributed by atoms with Crippen LogP contribution in [0.1, 0.15) is 29.3 Å². The minimum Gasteiger partial charge on any atom is -0.336 e. The predicted molar refractivity (Wildman–Crippen MR) is 111 cm³/mol. The maximum Gasteiger partial charge on any atom is 0.254 e. The molecule has 1 saturated heterocycles. The maximum absolute atomic E-state index is 12.8. The van der Waals surface area contributed by atoms with Gasteiger partial charge in [-0.25, -0.2) is 8.42 Å². The van der Waals surface area contributed by atoms with E-state index in [9.17, 15) is 18.0 Å². The Morgan fingerprint density at radius 1 is 1.00 bits per heavy atom. The molecule has 2 aromatic carbocycles. The van der Waals surface area contributed by atoms with E-state index in [-0.39, 0.29) is 29.8 Å². The van der Waals surface area contributed by atoms with Crippen molar-refractivity contribution in [2.45, 2.75) is 25.2 Å². The predicted octanol–water partition coefficient (Wildman–Crippen LogP) is 2.49. The van der Waals surface area contributed by atoms with Gasteiger partial charge < -0.3 is 10.2 Å². The summed E-state index contributed by atoms with van der Waals surface area (Å²) in [6.45, 7) is 4.78. The summed E-state index contributed by atoms with van der Waals surface area (Å²) >= 11 is 0. The molecule has 1 aliphatic rings. The van der Waals surface area contributed by atoms with Gasteiger partial charge in [-0.15, -0.1) is 0 Å². The highest BCUT2D eigenvalue weighted by molar-refractivity contribution is 7.89. The van der Waals surface area contributed by atoms with Gasteiger partial charge in [0, 0.05) is 43.9 Å². The van der Waals surface area contributed by atoms with Crippen LogP contribution in [0.2, 0.25) is 0 Å². The number of benzene rings is 2. The Morgan fingerprint density at radius 2 is 1.66 bits per heavy atom. The summed E-state index contributed by atoms with van der Waals surface area (Å²) in [5, 5.41) is 2.74. The highest BCUT2D eigenvalue weighted by atomic mass is 32.2. The molecule has 0 bridgehead atoms. The Morgan fingerprint density at radius 3 is 2.28 bits per heavy atom. The Labute approximate surface area is 171 Å². The monoisotopic (exact) mass is 415 g/mol. The molecular weight excluding hydrogens is 390 g/mol. The number of nitrogens with one attached hydrogen (secondary N) is 1. The standard InChI is InChI=1S/C21H25N3O4S/c1-3-20(25)22-18-6-4-5-17(15-18)21(26)23-11-13-24(14-12-23)29(27,28)19-9-7-16(2)8-10-19/h4-10,15H,3,11-14H2,1-2H3,(H,22,25). The number of hydrogen-bond donors (Lipinski definition) is 1. The maximum atomic E-state index is 12.8. The molecule has 0 radical (unpaired) electrons. The zero-order valence-electron chi connectivity index (χ0n) is 16.6. The number of anilines is 1. The van der Waals surface area contributed by atoms with Crippen molar-refractivity contribution in [3.05, 3.63) is 59.7 Å². The van der Waals surface area contributed by atoms with E-state index in [1.54, 1.807) is 60.4 Å². The largest absolute Gasteiger partial charge is 0.336 e. The number of piperazine rings is 1. The number of aryl methyl sites for hydroxylation is 1. The van der Waals surface area contributed by atoms with E-state index in [4.69, 9.17) is 0 Å². The summed E-state index contributed by atoms with van der Waals surface area (Å²) < 4.78 is 27.0. The minimum absolute atomic E-state index is 0.121. The van der Waals surface area contributed by atoms with E-state index in [0.29, 0.717) is 30.8 Å². The normalized spacial score (nSPS) is 15.2. The van der Waals surface area contributed by atoms with Crippen molar-refractivity contribution in [2.24, 2.45) is 0 Å². The molecule has 0 aromatic heterocycles. The van der Waals surface area contributed by atoms with E-state index in [1.165, 1.54) is 4.31 Å². The summed E-state index contributed by atoms with van der Waals surface area (Å²) in [6.07, 6.45) is 0.357. The number of sulfonamides is 1. The lowest BCUT2D eigenvalue weighted by Crippen LogP contribution is -2.50. The molecule has 1 N–H and O–H groups in total. The van der Waals surface area contributed by atoms with Crippen LogP contribution < -0.4 is 5.32 Å². The lowest BCUT2D eigenvalue weighted by molar-refractivity contribution is -0.115. The third kappa shape index (κ3) is 4.83. The summed E-state index contributed by atoms with van der Waals surface area (Å²) in [7, 11) is -3.57. The highest BCUT2D eigenvalue weighted by Gasteiger charge is 2.30. The van der Waals surface area contributed by atoms with Gasteiger partial charge in [-0.3, -0.25) is 9.59 Å². The van der Waals surface area contributed by atoms with Crippen LogP contribution in [-0.2, 0) is 14.8 Å². The molecular formula is C21H25N3O4S. The van der Waals surface area contributed by atoms with Gasteiger partial charge in [-0.1, -0.05) is 30.7 Å². The average Bonchev–Trinajstić information content (AvgIpc) is 2.73. The third-order valence-corrected chi connectivity index (χ3v) is 6.81. The van der Waals surface area contributed by atoms with Gasteiger partial charge in [0.15, 0.2) is 0 Å². The SMILES string of the molecule is CCC(=O)Nc1cccc(C(=O)N2CCN(S(=O)(=O)c3ccc(C)cc3)CC2)c1. The van der Waals surface area contributed by atoms with Crippen LogP contribution in [0.4, 0.5) is 5.69 Å². The van der Waals surface area contributed by atoms with Crippen LogP contribution in [0.3, 0.4) is 0 Å². The van der Waals surface area contributed by atoms with E-state index >= 15 is 0 Å². The van der Waals surface area contributed by atoms with Crippen molar-refractivity contribution in [3.8, 4) is 0 Å². The average molecular weight is 416 g/mol. The van der Waals surface area contributed by atoms with Crippen LogP contribution in [0.15, 0.2) is 53.4 Å². The molecule has 0 aliphatic carbocycles. The van der Waals surface area contributed by atoms with E-state index < -0.39 is 10.0 Å². The van der Waals surface area contributed by atoms with Crippen molar-refractivity contribution >= 4 is 27.5 Å². The molecule has 8 heteroatoms. The van der Waals surface area contributed by atoms with Gasteiger partial charge in [0.25, 0.3) is 5.91 Å². The molecule has 0 unspecified atom stereocenters. The fourth-order valence-electron chi connectivity index (χ4n) is 3.15. The van der Waals surface area contributed by atoms with Gasteiger partial charge in [0.05, 0.1) is 4.90 Å². The number of hydrogen-bond acceptors (Lipinski definition) is 4. The van der Waals surface area contributed by atoms with Crippen molar-refractivity contribution in [1.29, 1.82) is 0 Å². The molecule has 1 heterocycles. The van der Waals surface area contributed by atoms with Gasteiger partial charge >= 0.3 is 0 Å². The first kappa shape index (κ1) is 21.0. The fraction of sp³-hybridized carbons (Fsp3) is 0.333. The van der Waals surface area contributed by atoms with Crippen molar-refractivity contribution in [2.75, 3.05) is 31.5 Å². The molecule has 2 amide bonds. The van der Waals surface area contributed by atoms with Crippen molar-refractivity contribution < 1.29 is 18.0 Å². The van der Waals surface area contributed by atoms with Crippen LogP contribution in [0.5, 0.6) is 0 Å². The third-order valence-electron chi connectivity index (χ3n) is 4.90. The fourth-order valence-corrected chi connectivity index (χ4v) is 4.57. The van der Waals surface area contributed by atoms with E-state index in [0.717, 1.165) is 5.56 Å². The van der Waals surface area contributed by atoms with Crippen molar-refractivity contribution in [1.82, 2.24) is 9.21 Å². The summed E-state index contributed by atoms with van der Waals surface area (Å²) in [6, 6.07) is 13.6. The van der Waals surface area contributed by atoms with Crippen LogP contribution in [0, 0.1) is 6.92 Å². The molecule has 0 saturated carbocycles. The number of carbonyl (C=O) groups is 2. The van der Waals surface area contributed by atoms with Gasteiger partial charge in [0.2, 0.25) is 15.9 Å². The molecule has 0 atom stereocenters. The first-order valence-electron chi connectivity index (χ1n) is 9.57. The number of rotatable bonds is 5. The Hall–Kier alpha value is -2.71. The van der Waals surface area contributed by atoms with Gasteiger partial charge in [-0.2, -0.15) is 4.31 Å². The zero-order chi connectivity index (χ0) is 21.0. The first-order valence-corrected chi connectivity index (χ1v) is 11.0. The quantitative estimate of drug-likeness (QED) is 0.813. The lowest BCUT2D eigenvalue weighted by Gasteiger charge is -2.34. The first-order chi connectivity index (χ1) is 13.8. The van der Waals surface area contributed by atoms with Gasteiger partial charge in [-0.05, 0) is 37.3 Å².